The number of ether oxygens (including phenoxy) is 2. The van der Waals surface area contributed by atoms with Crippen molar-refractivity contribution in [2.45, 2.75) is 18.6 Å². The minimum absolute atomic E-state index is 0.281. The van der Waals surface area contributed by atoms with Gasteiger partial charge in [-0.15, -0.1) is 0 Å². The fourth-order valence-electron chi connectivity index (χ4n) is 3.62. The van der Waals surface area contributed by atoms with Crippen LogP contribution in [-0.4, -0.2) is 80.1 Å². The van der Waals surface area contributed by atoms with E-state index < -0.39 is 0 Å². The van der Waals surface area contributed by atoms with E-state index in [0.29, 0.717) is 0 Å². The van der Waals surface area contributed by atoms with Gasteiger partial charge < -0.3 is 14.6 Å². The molecule has 2 fully saturated rings. The number of β-amino-alcohol motifs (C(OH)–C–C–N with tert-alkyl or cyclic N) is 1. The van der Waals surface area contributed by atoms with Gasteiger partial charge >= 0.3 is 0 Å². The number of hydrogen-bond donors (Lipinski definition) is 1. The van der Waals surface area contributed by atoms with Crippen LogP contribution in [0.3, 0.4) is 0 Å². The number of morpholine rings is 1. The maximum absolute atomic E-state index is 10.5. The summed E-state index contributed by atoms with van der Waals surface area (Å²) in [5.41, 5.74) is 1.09. The molecule has 0 aromatic heterocycles. The van der Waals surface area contributed by atoms with Crippen LogP contribution in [0.4, 0.5) is 0 Å². The minimum atomic E-state index is -0.281. The Morgan fingerprint density at radius 2 is 2.04 bits per heavy atom. The van der Waals surface area contributed by atoms with Gasteiger partial charge in [-0.05, 0) is 12.5 Å². The summed E-state index contributed by atoms with van der Waals surface area (Å²) < 4.78 is 10.8. The van der Waals surface area contributed by atoms with Crippen molar-refractivity contribution in [3.05, 3.63) is 35.9 Å². The van der Waals surface area contributed by atoms with Gasteiger partial charge in [0.2, 0.25) is 0 Å². The molecule has 3 rings (SSSR count). The quantitative estimate of drug-likeness (QED) is 0.885. The fraction of sp³-hybridized carbons (Fsp3) is 0.579. The molecule has 24 heavy (non-hydrogen) atoms. The molecule has 5 heteroatoms. The summed E-state index contributed by atoms with van der Waals surface area (Å²) in [4.78, 5) is 4.70. The monoisotopic (exact) mass is 332 g/mol. The first-order chi connectivity index (χ1) is 11.8. The van der Waals surface area contributed by atoms with Crippen LogP contribution in [0, 0.1) is 0 Å². The van der Waals surface area contributed by atoms with E-state index in [1.807, 2.05) is 18.2 Å². The summed E-state index contributed by atoms with van der Waals surface area (Å²) in [5.74, 6) is 0.889. The van der Waals surface area contributed by atoms with Gasteiger partial charge in [0, 0.05) is 44.3 Å². The van der Waals surface area contributed by atoms with Crippen LogP contribution in [0.5, 0.6) is 5.75 Å². The fourth-order valence-corrected chi connectivity index (χ4v) is 3.62. The van der Waals surface area contributed by atoms with Gasteiger partial charge in [0.05, 0.1) is 26.4 Å². The van der Waals surface area contributed by atoms with E-state index in [4.69, 9.17) is 9.47 Å². The zero-order chi connectivity index (χ0) is 16.8. The van der Waals surface area contributed by atoms with Gasteiger partial charge in [0.1, 0.15) is 5.75 Å². The van der Waals surface area contributed by atoms with Crippen LogP contribution in [-0.2, 0) is 4.74 Å². The van der Waals surface area contributed by atoms with Crippen LogP contribution < -0.4 is 4.74 Å². The summed E-state index contributed by atoms with van der Waals surface area (Å²) in [5, 5.41) is 10.5. The van der Waals surface area contributed by atoms with Gasteiger partial charge in [0.25, 0.3) is 0 Å². The SMILES string of the molecule is COc1ccccc1/C=C/CN1CC[C@@H](N2CCOCC2)[C@H](O)C1. The summed E-state index contributed by atoms with van der Waals surface area (Å²) in [6, 6.07) is 8.29. The Morgan fingerprint density at radius 1 is 1.25 bits per heavy atom. The number of para-hydroxylation sites is 1. The Morgan fingerprint density at radius 3 is 2.79 bits per heavy atom. The van der Waals surface area contributed by atoms with Crippen LogP contribution in [0.2, 0.25) is 0 Å². The number of benzene rings is 1. The maximum atomic E-state index is 10.5. The van der Waals surface area contributed by atoms with E-state index in [1.165, 1.54) is 0 Å². The molecule has 2 saturated heterocycles. The summed E-state index contributed by atoms with van der Waals surface area (Å²) >= 11 is 0. The molecular weight excluding hydrogens is 304 g/mol. The van der Waals surface area contributed by atoms with Crippen LogP contribution in [0.1, 0.15) is 12.0 Å². The first kappa shape index (κ1) is 17.4. The average molecular weight is 332 g/mol. The van der Waals surface area contributed by atoms with Crippen molar-refractivity contribution in [3.63, 3.8) is 0 Å². The van der Waals surface area contributed by atoms with Gasteiger partial charge in [0.15, 0.2) is 0 Å². The minimum Gasteiger partial charge on any atom is -0.496 e. The predicted octanol–water partition coefficient (Wildman–Crippen LogP) is 1.48. The highest BCUT2D eigenvalue weighted by atomic mass is 16.5. The number of rotatable bonds is 5. The average Bonchev–Trinajstić information content (AvgIpc) is 2.63. The van der Waals surface area contributed by atoms with Crippen molar-refractivity contribution in [1.82, 2.24) is 9.80 Å². The molecule has 5 nitrogen and oxygen atoms in total. The summed E-state index contributed by atoms with van der Waals surface area (Å²) in [6.45, 7) is 6.06. The Kier molecular flexibility index (Phi) is 6.26. The number of nitrogens with zero attached hydrogens (tertiary/aromatic N) is 2. The van der Waals surface area contributed by atoms with Crippen molar-refractivity contribution < 1.29 is 14.6 Å². The second-order valence-electron chi connectivity index (χ2n) is 6.48. The molecule has 132 valence electrons. The first-order valence-corrected chi connectivity index (χ1v) is 8.79. The Hall–Kier alpha value is -1.40. The molecule has 2 heterocycles. The van der Waals surface area contributed by atoms with Gasteiger partial charge in [-0.2, -0.15) is 0 Å². The van der Waals surface area contributed by atoms with E-state index in [9.17, 15) is 5.11 Å². The van der Waals surface area contributed by atoms with Crippen molar-refractivity contribution in [2.75, 3.05) is 53.0 Å². The van der Waals surface area contributed by atoms with Crippen LogP contribution in [0.25, 0.3) is 6.08 Å². The second kappa shape index (κ2) is 8.62. The summed E-state index contributed by atoms with van der Waals surface area (Å²) in [6.07, 6.45) is 4.99. The van der Waals surface area contributed by atoms with Gasteiger partial charge in [-0.25, -0.2) is 0 Å². The largest absolute Gasteiger partial charge is 0.496 e. The predicted molar refractivity (Wildman–Crippen MR) is 95.3 cm³/mol. The topological polar surface area (TPSA) is 45.2 Å². The third-order valence-corrected chi connectivity index (χ3v) is 4.95. The smallest absolute Gasteiger partial charge is 0.126 e. The molecule has 1 aromatic rings. The molecule has 0 aliphatic carbocycles. The normalized spacial score (nSPS) is 26.8. The molecule has 0 amide bonds. The standard InChI is InChI=1S/C19H28N2O3/c1-23-19-7-3-2-5-16(19)6-4-9-20-10-8-17(18(22)15-20)21-11-13-24-14-12-21/h2-7,17-18,22H,8-15H2,1H3/b6-4+/t17-,18-/m1/s1. The van der Waals surface area contributed by atoms with E-state index in [0.717, 1.165) is 63.7 Å². The molecule has 2 atom stereocenters. The van der Waals surface area contributed by atoms with E-state index in [1.54, 1.807) is 7.11 Å². The number of likely N-dealkylation sites (tertiary alicyclic amines) is 1. The number of aliphatic hydroxyl groups is 1. The second-order valence-corrected chi connectivity index (χ2v) is 6.48. The Balaban J connectivity index is 1.50. The van der Waals surface area contributed by atoms with Crippen molar-refractivity contribution >= 4 is 6.08 Å². The van der Waals surface area contributed by atoms with Gasteiger partial charge in [-0.3, -0.25) is 9.80 Å². The molecule has 0 radical (unpaired) electrons. The lowest BCUT2D eigenvalue weighted by atomic mass is 9.99. The lowest BCUT2D eigenvalue weighted by Gasteiger charge is -2.42. The van der Waals surface area contributed by atoms with Crippen LogP contribution in [0.15, 0.2) is 30.3 Å². The van der Waals surface area contributed by atoms with E-state index in [-0.39, 0.29) is 12.1 Å². The molecule has 2 aliphatic heterocycles. The lowest BCUT2D eigenvalue weighted by Crippen LogP contribution is -2.56. The first-order valence-electron chi connectivity index (χ1n) is 8.79. The van der Waals surface area contributed by atoms with E-state index in [2.05, 4.69) is 28.0 Å². The highest BCUT2D eigenvalue weighted by Crippen LogP contribution is 2.20. The number of aliphatic hydroxyl groups excluding tert-OH is 1. The highest BCUT2D eigenvalue weighted by molar-refractivity contribution is 5.57. The number of piperidine rings is 1. The third kappa shape index (κ3) is 4.36. The molecule has 0 saturated carbocycles. The third-order valence-electron chi connectivity index (χ3n) is 4.95. The Bertz CT molecular complexity index is 543. The Labute approximate surface area is 144 Å². The highest BCUT2D eigenvalue weighted by Gasteiger charge is 2.32. The maximum Gasteiger partial charge on any atom is 0.126 e. The molecule has 0 bridgehead atoms. The number of methoxy groups -OCH3 is 1. The zero-order valence-corrected chi connectivity index (χ0v) is 14.4. The number of hydrogen-bond acceptors (Lipinski definition) is 5. The van der Waals surface area contributed by atoms with E-state index >= 15 is 0 Å². The van der Waals surface area contributed by atoms with Crippen molar-refractivity contribution in [2.24, 2.45) is 0 Å². The van der Waals surface area contributed by atoms with Crippen LogP contribution >= 0.6 is 0 Å². The molecule has 1 N–H and O–H groups in total. The van der Waals surface area contributed by atoms with Gasteiger partial charge in [-0.1, -0.05) is 30.4 Å². The molecule has 0 spiro atoms. The van der Waals surface area contributed by atoms with Crippen molar-refractivity contribution in [1.29, 1.82) is 0 Å². The molecule has 0 unspecified atom stereocenters. The lowest BCUT2D eigenvalue weighted by molar-refractivity contribution is -0.0503. The molecule has 1 aromatic carbocycles. The summed E-state index contributed by atoms with van der Waals surface area (Å²) in [7, 11) is 1.69. The van der Waals surface area contributed by atoms with Crippen molar-refractivity contribution in [3.8, 4) is 5.75 Å². The molecular formula is C19H28N2O3. The zero-order valence-electron chi connectivity index (χ0n) is 14.4. The molecule has 2 aliphatic rings.